The molecule has 0 saturated heterocycles. The Morgan fingerprint density at radius 2 is 2.07 bits per heavy atom. The van der Waals surface area contributed by atoms with Crippen molar-refractivity contribution in [1.29, 1.82) is 0 Å². The predicted octanol–water partition coefficient (Wildman–Crippen LogP) is 1.62. The molecule has 0 fully saturated rings. The molecular formula is C12H22N2O. The van der Waals surface area contributed by atoms with Gasteiger partial charge in [-0.15, -0.1) is 0 Å². The van der Waals surface area contributed by atoms with Gasteiger partial charge in [0, 0.05) is 24.9 Å². The summed E-state index contributed by atoms with van der Waals surface area (Å²) in [6, 6.07) is 0.387. The molecular weight excluding hydrogens is 188 g/mol. The normalized spacial score (nSPS) is 14.9. The van der Waals surface area contributed by atoms with Gasteiger partial charge in [-0.1, -0.05) is 19.4 Å². The molecule has 0 radical (unpaired) electrons. The second kappa shape index (κ2) is 8.24. The van der Waals surface area contributed by atoms with Crippen LogP contribution in [0.2, 0.25) is 0 Å². The summed E-state index contributed by atoms with van der Waals surface area (Å²) in [6.45, 7) is 7.27. The van der Waals surface area contributed by atoms with Crippen molar-refractivity contribution < 1.29 is 4.79 Å². The lowest BCUT2D eigenvalue weighted by Gasteiger charge is -2.17. The first kappa shape index (κ1) is 13.9. The Labute approximate surface area is 92.6 Å². The molecule has 86 valence electrons. The zero-order chi connectivity index (χ0) is 11.7. The fraction of sp³-hybridized carbons (Fsp3) is 0.583. The quantitative estimate of drug-likeness (QED) is 0.381. The minimum Gasteiger partial charge on any atom is -0.388 e. The summed E-state index contributed by atoms with van der Waals surface area (Å²) in [4.78, 5) is 10.4. The molecule has 0 aliphatic heterocycles. The van der Waals surface area contributed by atoms with Crippen molar-refractivity contribution in [3.8, 4) is 0 Å². The number of rotatable bonds is 7. The zero-order valence-electron chi connectivity index (χ0n) is 10.1. The van der Waals surface area contributed by atoms with Crippen LogP contribution >= 0.6 is 0 Å². The lowest BCUT2D eigenvalue weighted by atomic mass is 10.1. The second-order valence-corrected chi connectivity index (χ2v) is 3.41. The molecule has 0 aliphatic rings. The van der Waals surface area contributed by atoms with Gasteiger partial charge in [0.2, 0.25) is 0 Å². The molecule has 0 spiro atoms. The van der Waals surface area contributed by atoms with E-state index in [0.29, 0.717) is 6.04 Å². The van der Waals surface area contributed by atoms with Gasteiger partial charge in [0.1, 0.15) is 6.29 Å². The van der Waals surface area contributed by atoms with Crippen LogP contribution in [0.25, 0.3) is 0 Å². The monoisotopic (exact) mass is 210 g/mol. The van der Waals surface area contributed by atoms with Crippen LogP contribution in [-0.2, 0) is 4.79 Å². The van der Waals surface area contributed by atoms with Crippen LogP contribution in [0.3, 0.4) is 0 Å². The van der Waals surface area contributed by atoms with Crippen molar-refractivity contribution in [2.75, 3.05) is 13.6 Å². The molecule has 2 N–H and O–H groups in total. The van der Waals surface area contributed by atoms with E-state index in [1.807, 2.05) is 13.1 Å². The molecule has 3 nitrogen and oxygen atoms in total. The number of allylic oxidation sites excluding steroid dienone is 2. The molecule has 0 heterocycles. The van der Waals surface area contributed by atoms with Crippen molar-refractivity contribution >= 4 is 6.29 Å². The standard InChI is InChI=1S/C12H22N2O/c1-5-12(14-6-2)10(3)9-11(13-4)7-8-15/h7-9,12-14H,5-6H2,1-4H3/b10-9+,11-7+. The summed E-state index contributed by atoms with van der Waals surface area (Å²) in [7, 11) is 1.81. The maximum atomic E-state index is 10.4. The lowest BCUT2D eigenvalue weighted by molar-refractivity contribution is -0.104. The molecule has 0 aromatic rings. The van der Waals surface area contributed by atoms with Crippen LogP contribution in [0.4, 0.5) is 0 Å². The first-order valence-corrected chi connectivity index (χ1v) is 5.44. The maximum Gasteiger partial charge on any atom is 0.144 e. The van der Waals surface area contributed by atoms with E-state index in [0.717, 1.165) is 24.9 Å². The highest BCUT2D eigenvalue weighted by molar-refractivity contribution is 5.67. The second-order valence-electron chi connectivity index (χ2n) is 3.41. The van der Waals surface area contributed by atoms with E-state index in [-0.39, 0.29) is 0 Å². The highest BCUT2D eigenvalue weighted by Crippen LogP contribution is 2.07. The van der Waals surface area contributed by atoms with E-state index in [9.17, 15) is 4.79 Å². The van der Waals surface area contributed by atoms with E-state index < -0.39 is 0 Å². The third-order valence-corrected chi connectivity index (χ3v) is 2.33. The first-order valence-electron chi connectivity index (χ1n) is 5.44. The summed E-state index contributed by atoms with van der Waals surface area (Å²) in [5.74, 6) is 0. The summed E-state index contributed by atoms with van der Waals surface area (Å²) in [6.07, 6.45) is 5.38. The van der Waals surface area contributed by atoms with Crippen LogP contribution in [0.1, 0.15) is 27.2 Å². The third kappa shape index (κ3) is 5.37. The van der Waals surface area contributed by atoms with Gasteiger partial charge in [-0.05, 0) is 26.0 Å². The minimum absolute atomic E-state index is 0.387. The number of hydrogen-bond donors (Lipinski definition) is 2. The maximum absolute atomic E-state index is 10.4. The van der Waals surface area contributed by atoms with Crippen LogP contribution in [0, 0.1) is 0 Å². The largest absolute Gasteiger partial charge is 0.388 e. The van der Waals surface area contributed by atoms with Gasteiger partial charge in [0.15, 0.2) is 0 Å². The van der Waals surface area contributed by atoms with Gasteiger partial charge in [0.25, 0.3) is 0 Å². The van der Waals surface area contributed by atoms with Crippen LogP contribution in [0.15, 0.2) is 23.4 Å². The van der Waals surface area contributed by atoms with Gasteiger partial charge in [-0.3, -0.25) is 4.79 Å². The topological polar surface area (TPSA) is 41.1 Å². The molecule has 0 saturated carbocycles. The Bertz CT molecular complexity index is 244. The lowest BCUT2D eigenvalue weighted by Crippen LogP contribution is -2.29. The Hall–Kier alpha value is -1.09. The van der Waals surface area contributed by atoms with Crippen LogP contribution in [-0.4, -0.2) is 25.9 Å². The molecule has 15 heavy (non-hydrogen) atoms. The SMILES string of the molecule is CCNC(CC)/C(C)=C/C(=C\C=O)NC. The van der Waals surface area contributed by atoms with E-state index in [2.05, 4.69) is 31.4 Å². The molecule has 3 heteroatoms. The highest BCUT2D eigenvalue weighted by atomic mass is 16.1. The number of aldehydes is 1. The average Bonchev–Trinajstić information content (AvgIpc) is 2.24. The summed E-state index contributed by atoms with van der Waals surface area (Å²) in [5.41, 5.74) is 2.08. The number of hydrogen-bond acceptors (Lipinski definition) is 3. The smallest absolute Gasteiger partial charge is 0.144 e. The van der Waals surface area contributed by atoms with Crippen LogP contribution < -0.4 is 10.6 Å². The number of carbonyl (C=O) groups is 1. The van der Waals surface area contributed by atoms with Gasteiger partial charge in [0.05, 0.1) is 0 Å². The van der Waals surface area contributed by atoms with E-state index in [1.54, 1.807) is 0 Å². The van der Waals surface area contributed by atoms with E-state index in [4.69, 9.17) is 0 Å². The predicted molar refractivity (Wildman–Crippen MR) is 64.7 cm³/mol. The summed E-state index contributed by atoms with van der Waals surface area (Å²) < 4.78 is 0. The molecule has 1 unspecified atom stereocenters. The summed E-state index contributed by atoms with van der Waals surface area (Å²) >= 11 is 0. The third-order valence-electron chi connectivity index (χ3n) is 2.33. The fourth-order valence-electron chi connectivity index (χ4n) is 1.50. The number of nitrogens with one attached hydrogen (secondary N) is 2. The van der Waals surface area contributed by atoms with Crippen molar-refractivity contribution in [2.24, 2.45) is 0 Å². The van der Waals surface area contributed by atoms with Gasteiger partial charge in [-0.25, -0.2) is 0 Å². The van der Waals surface area contributed by atoms with Crippen molar-refractivity contribution in [3.63, 3.8) is 0 Å². The molecule has 1 atom stereocenters. The minimum atomic E-state index is 0.387. The zero-order valence-corrected chi connectivity index (χ0v) is 10.1. The van der Waals surface area contributed by atoms with E-state index in [1.165, 1.54) is 11.6 Å². The number of carbonyl (C=O) groups excluding carboxylic acids is 1. The molecule has 0 aromatic carbocycles. The molecule has 0 bridgehead atoms. The molecule has 0 aliphatic carbocycles. The fourth-order valence-corrected chi connectivity index (χ4v) is 1.50. The van der Waals surface area contributed by atoms with Gasteiger partial charge in [-0.2, -0.15) is 0 Å². The molecule has 0 aromatic heterocycles. The highest BCUT2D eigenvalue weighted by Gasteiger charge is 2.06. The van der Waals surface area contributed by atoms with Gasteiger partial charge >= 0.3 is 0 Å². The molecule has 0 rings (SSSR count). The van der Waals surface area contributed by atoms with Crippen molar-refractivity contribution in [3.05, 3.63) is 23.4 Å². The van der Waals surface area contributed by atoms with E-state index >= 15 is 0 Å². The average molecular weight is 210 g/mol. The Kier molecular flexibility index (Phi) is 7.64. The van der Waals surface area contributed by atoms with Gasteiger partial charge < -0.3 is 10.6 Å². The van der Waals surface area contributed by atoms with Crippen LogP contribution in [0.5, 0.6) is 0 Å². The molecule has 0 amide bonds. The Balaban J connectivity index is 4.61. The Morgan fingerprint density at radius 3 is 2.47 bits per heavy atom. The first-order chi connectivity index (χ1) is 7.19. The van der Waals surface area contributed by atoms with Crippen molar-refractivity contribution in [2.45, 2.75) is 33.2 Å². The Morgan fingerprint density at radius 1 is 1.40 bits per heavy atom. The number of likely N-dealkylation sites (N-methyl/N-ethyl adjacent to an activating group) is 2. The summed E-state index contributed by atoms with van der Waals surface area (Å²) in [5, 5.41) is 6.37. The van der Waals surface area contributed by atoms with Crippen molar-refractivity contribution in [1.82, 2.24) is 10.6 Å².